The molecule has 3 N–H and O–H groups in total. The molecule has 0 atom stereocenters. The van der Waals surface area contributed by atoms with Gasteiger partial charge in [0.05, 0.1) is 0 Å². The van der Waals surface area contributed by atoms with Crippen molar-refractivity contribution in [2.45, 2.75) is 32.1 Å². The molecule has 0 aromatic heterocycles. The fourth-order valence-electron chi connectivity index (χ4n) is 2.48. The zero-order valence-corrected chi connectivity index (χ0v) is 12.1. The second kappa shape index (κ2) is 7.90. The second-order valence-corrected chi connectivity index (χ2v) is 5.35. The average molecular weight is 275 g/mol. The first-order chi connectivity index (χ1) is 9.79. The van der Waals surface area contributed by atoms with Crippen LogP contribution in [-0.4, -0.2) is 32.0 Å². The van der Waals surface area contributed by atoms with E-state index >= 15 is 0 Å². The van der Waals surface area contributed by atoms with Crippen molar-refractivity contribution < 1.29 is 4.79 Å². The largest absolute Gasteiger partial charge is 0.385 e. The fourth-order valence-corrected chi connectivity index (χ4v) is 2.48. The molecule has 1 fully saturated rings. The second-order valence-electron chi connectivity index (χ2n) is 5.35. The van der Waals surface area contributed by atoms with Crippen LogP contribution in [0.1, 0.15) is 32.1 Å². The average Bonchev–Trinajstić information content (AvgIpc) is 2.49. The number of hydrogen-bond acceptors (Lipinski definition) is 4. The molecular weight excluding hydrogens is 250 g/mol. The number of anilines is 2. The van der Waals surface area contributed by atoms with E-state index in [0.717, 1.165) is 44.7 Å². The van der Waals surface area contributed by atoms with Gasteiger partial charge in [-0.1, -0.05) is 6.42 Å². The molecule has 0 unspecified atom stereocenters. The summed E-state index contributed by atoms with van der Waals surface area (Å²) in [5, 5.41) is 3.43. The molecule has 1 heterocycles. The first-order valence-corrected chi connectivity index (χ1v) is 7.60. The summed E-state index contributed by atoms with van der Waals surface area (Å²) in [6.45, 7) is 3.49. The Morgan fingerprint density at radius 2 is 1.75 bits per heavy atom. The molecule has 2 rings (SSSR count). The van der Waals surface area contributed by atoms with Crippen molar-refractivity contribution in [1.29, 1.82) is 0 Å². The summed E-state index contributed by atoms with van der Waals surface area (Å²) >= 11 is 0. The number of nitrogens with zero attached hydrogens (tertiary/aromatic N) is 1. The molecule has 1 aliphatic heterocycles. The Bertz CT molecular complexity index is 406. The number of rotatable bonds is 7. The lowest BCUT2D eigenvalue weighted by molar-refractivity contribution is -0.119. The van der Waals surface area contributed by atoms with E-state index in [-0.39, 0.29) is 0 Å². The van der Waals surface area contributed by atoms with Gasteiger partial charge in [-0.15, -0.1) is 0 Å². The van der Waals surface area contributed by atoms with Gasteiger partial charge in [0.1, 0.15) is 5.78 Å². The van der Waals surface area contributed by atoms with E-state index in [4.69, 9.17) is 5.73 Å². The highest BCUT2D eigenvalue weighted by atomic mass is 16.1. The van der Waals surface area contributed by atoms with E-state index in [2.05, 4.69) is 34.5 Å². The Balaban J connectivity index is 1.76. The number of ketones is 1. The molecular formula is C16H25N3O. The summed E-state index contributed by atoms with van der Waals surface area (Å²) in [5.74, 6) is 0.386. The molecule has 1 saturated heterocycles. The van der Waals surface area contributed by atoms with E-state index in [1.54, 1.807) is 0 Å². The highest BCUT2D eigenvalue weighted by Gasteiger charge is 2.15. The first-order valence-electron chi connectivity index (χ1n) is 7.60. The van der Waals surface area contributed by atoms with Gasteiger partial charge in [-0.05, 0) is 43.7 Å². The normalized spacial score (nSPS) is 15.4. The van der Waals surface area contributed by atoms with Gasteiger partial charge in [0.15, 0.2) is 0 Å². The van der Waals surface area contributed by atoms with Crippen LogP contribution in [0.4, 0.5) is 11.4 Å². The Morgan fingerprint density at radius 1 is 1.05 bits per heavy atom. The molecule has 1 aliphatic rings. The topological polar surface area (TPSA) is 58.4 Å². The SMILES string of the molecule is NCCCCCNc1ccc(N2CCC(=O)CC2)cc1. The van der Waals surface area contributed by atoms with Gasteiger partial charge in [-0.3, -0.25) is 4.79 Å². The highest BCUT2D eigenvalue weighted by molar-refractivity contribution is 5.81. The minimum absolute atomic E-state index is 0.386. The van der Waals surface area contributed by atoms with Gasteiger partial charge in [0.2, 0.25) is 0 Å². The van der Waals surface area contributed by atoms with Crippen molar-refractivity contribution in [3.63, 3.8) is 0 Å². The van der Waals surface area contributed by atoms with Crippen LogP contribution in [0.25, 0.3) is 0 Å². The maximum atomic E-state index is 11.2. The predicted octanol–water partition coefficient (Wildman–Crippen LogP) is 2.40. The molecule has 4 heteroatoms. The fraction of sp³-hybridized carbons (Fsp3) is 0.562. The predicted molar refractivity (Wildman–Crippen MR) is 84.3 cm³/mol. The van der Waals surface area contributed by atoms with Crippen LogP contribution >= 0.6 is 0 Å². The van der Waals surface area contributed by atoms with Crippen molar-refractivity contribution in [3.8, 4) is 0 Å². The van der Waals surface area contributed by atoms with Crippen LogP contribution in [0, 0.1) is 0 Å². The van der Waals surface area contributed by atoms with Crippen molar-refractivity contribution in [3.05, 3.63) is 24.3 Å². The third kappa shape index (κ3) is 4.53. The molecule has 0 bridgehead atoms. The summed E-state index contributed by atoms with van der Waals surface area (Å²) < 4.78 is 0. The lowest BCUT2D eigenvalue weighted by atomic mass is 10.1. The monoisotopic (exact) mass is 275 g/mol. The molecule has 0 radical (unpaired) electrons. The molecule has 0 aliphatic carbocycles. The molecule has 110 valence electrons. The zero-order valence-electron chi connectivity index (χ0n) is 12.1. The first kappa shape index (κ1) is 14.9. The van der Waals surface area contributed by atoms with Gasteiger partial charge in [0.25, 0.3) is 0 Å². The van der Waals surface area contributed by atoms with Gasteiger partial charge >= 0.3 is 0 Å². The Labute approximate surface area is 121 Å². The smallest absolute Gasteiger partial charge is 0.136 e. The van der Waals surface area contributed by atoms with Crippen LogP contribution in [0.3, 0.4) is 0 Å². The molecule has 0 spiro atoms. The maximum Gasteiger partial charge on any atom is 0.136 e. The third-order valence-corrected chi connectivity index (χ3v) is 3.76. The summed E-state index contributed by atoms with van der Waals surface area (Å²) in [6, 6.07) is 8.51. The number of carbonyl (C=O) groups excluding carboxylic acids is 1. The maximum absolute atomic E-state index is 11.2. The quantitative estimate of drug-likeness (QED) is 0.750. The van der Waals surface area contributed by atoms with E-state index in [9.17, 15) is 4.79 Å². The van der Waals surface area contributed by atoms with E-state index < -0.39 is 0 Å². The number of nitrogens with one attached hydrogen (secondary N) is 1. The van der Waals surface area contributed by atoms with Gasteiger partial charge < -0.3 is 16.0 Å². The minimum Gasteiger partial charge on any atom is -0.385 e. The number of benzene rings is 1. The summed E-state index contributed by atoms with van der Waals surface area (Å²) in [7, 11) is 0. The third-order valence-electron chi connectivity index (χ3n) is 3.76. The summed E-state index contributed by atoms with van der Waals surface area (Å²) in [6.07, 6.45) is 4.81. The van der Waals surface area contributed by atoms with Crippen LogP contribution < -0.4 is 16.0 Å². The lowest BCUT2D eigenvalue weighted by Gasteiger charge is -2.28. The van der Waals surface area contributed by atoms with Crippen LogP contribution in [0.2, 0.25) is 0 Å². The molecule has 20 heavy (non-hydrogen) atoms. The van der Waals surface area contributed by atoms with Crippen molar-refractivity contribution in [1.82, 2.24) is 0 Å². The van der Waals surface area contributed by atoms with Gasteiger partial charge in [0, 0.05) is 43.9 Å². The van der Waals surface area contributed by atoms with Crippen molar-refractivity contribution in [2.75, 3.05) is 36.4 Å². The number of hydrogen-bond donors (Lipinski definition) is 2. The van der Waals surface area contributed by atoms with Crippen molar-refractivity contribution >= 4 is 17.2 Å². The lowest BCUT2D eigenvalue weighted by Crippen LogP contribution is -2.33. The van der Waals surface area contributed by atoms with E-state index in [1.165, 1.54) is 12.1 Å². The number of unbranched alkanes of at least 4 members (excludes halogenated alkanes) is 2. The van der Waals surface area contributed by atoms with Gasteiger partial charge in [-0.2, -0.15) is 0 Å². The molecule has 1 aromatic rings. The molecule has 1 aromatic carbocycles. The molecule has 0 amide bonds. The Hall–Kier alpha value is -1.55. The number of Topliss-reactive ketones (excluding diaryl/α,β-unsaturated/α-hetero) is 1. The zero-order chi connectivity index (χ0) is 14.2. The Morgan fingerprint density at radius 3 is 2.40 bits per heavy atom. The summed E-state index contributed by atoms with van der Waals surface area (Å²) in [4.78, 5) is 13.5. The highest BCUT2D eigenvalue weighted by Crippen LogP contribution is 2.20. The minimum atomic E-state index is 0.386. The van der Waals surface area contributed by atoms with Crippen molar-refractivity contribution in [2.24, 2.45) is 5.73 Å². The number of carbonyl (C=O) groups is 1. The standard InChI is InChI=1S/C16H25N3O/c17-10-2-1-3-11-18-14-4-6-15(7-5-14)19-12-8-16(20)9-13-19/h4-7,18H,1-3,8-13,17H2. The van der Waals surface area contributed by atoms with E-state index in [0.29, 0.717) is 18.6 Å². The number of nitrogens with two attached hydrogens (primary N) is 1. The molecule has 4 nitrogen and oxygen atoms in total. The van der Waals surface area contributed by atoms with Crippen LogP contribution in [-0.2, 0) is 4.79 Å². The van der Waals surface area contributed by atoms with E-state index in [1.807, 2.05) is 0 Å². The van der Waals surface area contributed by atoms with Crippen LogP contribution in [0.15, 0.2) is 24.3 Å². The molecule has 0 saturated carbocycles. The van der Waals surface area contributed by atoms with Gasteiger partial charge in [-0.25, -0.2) is 0 Å². The van der Waals surface area contributed by atoms with Crippen LogP contribution in [0.5, 0.6) is 0 Å². The summed E-state index contributed by atoms with van der Waals surface area (Å²) in [5.41, 5.74) is 7.85. The Kier molecular flexibility index (Phi) is 5.87. The number of piperidine rings is 1.